The SMILES string of the molecule is C=CCC[C@@H](N)c1cc(Cl)ccc1Br. The molecule has 0 bridgehead atoms. The van der Waals surface area contributed by atoms with Gasteiger partial charge in [0.05, 0.1) is 0 Å². The van der Waals surface area contributed by atoms with Crippen molar-refractivity contribution in [3.63, 3.8) is 0 Å². The van der Waals surface area contributed by atoms with Crippen molar-refractivity contribution in [2.45, 2.75) is 18.9 Å². The lowest BCUT2D eigenvalue weighted by Crippen LogP contribution is -2.10. The lowest BCUT2D eigenvalue weighted by Gasteiger charge is -2.13. The van der Waals surface area contributed by atoms with E-state index in [1.165, 1.54) is 0 Å². The smallest absolute Gasteiger partial charge is 0.0410 e. The van der Waals surface area contributed by atoms with Gasteiger partial charge >= 0.3 is 0 Å². The van der Waals surface area contributed by atoms with Crippen LogP contribution in [0.4, 0.5) is 0 Å². The number of benzene rings is 1. The van der Waals surface area contributed by atoms with Crippen molar-refractivity contribution in [3.05, 3.63) is 45.9 Å². The maximum atomic E-state index is 6.01. The third-order valence-electron chi connectivity index (χ3n) is 2.04. The molecule has 0 heterocycles. The number of halogens is 2. The summed E-state index contributed by atoms with van der Waals surface area (Å²) in [6, 6.07) is 5.68. The van der Waals surface area contributed by atoms with E-state index in [-0.39, 0.29) is 6.04 Å². The predicted octanol–water partition coefficient (Wildman–Crippen LogP) is 4.07. The molecule has 0 aliphatic heterocycles. The first-order valence-electron chi connectivity index (χ1n) is 4.46. The van der Waals surface area contributed by atoms with E-state index < -0.39 is 0 Å². The molecule has 0 fully saturated rings. The Labute approximate surface area is 98.1 Å². The molecule has 0 unspecified atom stereocenters. The number of hydrogen-bond donors (Lipinski definition) is 1. The standard InChI is InChI=1S/C11H13BrClN/c1-2-3-4-11(14)9-7-8(13)5-6-10(9)12/h2,5-7,11H,1,3-4,14H2/t11-/m1/s1. The summed E-state index contributed by atoms with van der Waals surface area (Å²) in [5, 5.41) is 0.720. The first kappa shape index (κ1) is 11.8. The van der Waals surface area contributed by atoms with E-state index in [4.69, 9.17) is 17.3 Å². The lowest BCUT2D eigenvalue weighted by atomic mass is 10.0. The van der Waals surface area contributed by atoms with Crippen LogP contribution in [0.5, 0.6) is 0 Å². The lowest BCUT2D eigenvalue weighted by molar-refractivity contribution is 0.659. The largest absolute Gasteiger partial charge is 0.324 e. The molecule has 0 radical (unpaired) electrons. The molecule has 0 aliphatic rings. The first-order valence-corrected chi connectivity index (χ1v) is 5.63. The molecule has 1 atom stereocenters. The van der Waals surface area contributed by atoms with E-state index in [0.29, 0.717) is 0 Å². The van der Waals surface area contributed by atoms with Gasteiger partial charge in [-0.1, -0.05) is 33.6 Å². The molecule has 1 aromatic rings. The van der Waals surface area contributed by atoms with E-state index in [9.17, 15) is 0 Å². The van der Waals surface area contributed by atoms with Crippen molar-refractivity contribution >= 4 is 27.5 Å². The molecule has 0 spiro atoms. The minimum absolute atomic E-state index is 0.0149. The molecule has 0 aromatic heterocycles. The van der Waals surface area contributed by atoms with Crippen molar-refractivity contribution in [2.75, 3.05) is 0 Å². The van der Waals surface area contributed by atoms with Gasteiger partial charge in [0, 0.05) is 15.5 Å². The third-order valence-corrected chi connectivity index (χ3v) is 3.00. The van der Waals surface area contributed by atoms with Crippen LogP contribution in [-0.2, 0) is 0 Å². The number of allylic oxidation sites excluding steroid dienone is 1. The fraction of sp³-hybridized carbons (Fsp3) is 0.273. The molecule has 0 saturated carbocycles. The Morgan fingerprint density at radius 3 is 2.93 bits per heavy atom. The normalized spacial score (nSPS) is 12.5. The second-order valence-corrected chi connectivity index (χ2v) is 4.43. The average Bonchev–Trinajstić information content (AvgIpc) is 2.18. The molecule has 3 heteroatoms. The van der Waals surface area contributed by atoms with E-state index in [0.717, 1.165) is 27.9 Å². The maximum Gasteiger partial charge on any atom is 0.0410 e. The van der Waals surface area contributed by atoms with Gasteiger partial charge in [-0.05, 0) is 36.6 Å². The van der Waals surface area contributed by atoms with Gasteiger partial charge in [0.15, 0.2) is 0 Å². The van der Waals surface area contributed by atoms with Gasteiger partial charge < -0.3 is 5.73 Å². The number of nitrogens with two attached hydrogens (primary N) is 1. The van der Waals surface area contributed by atoms with Gasteiger partial charge in [0.1, 0.15) is 0 Å². The van der Waals surface area contributed by atoms with Crippen molar-refractivity contribution in [3.8, 4) is 0 Å². The van der Waals surface area contributed by atoms with Crippen LogP contribution in [0.2, 0.25) is 5.02 Å². The highest BCUT2D eigenvalue weighted by molar-refractivity contribution is 9.10. The molecule has 0 saturated heterocycles. The summed E-state index contributed by atoms with van der Waals surface area (Å²) < 4.78 is 1.01. The van der Waals surface area contributed by atoms with Crippen LogP contribution in [0.3, 0.4) is 0 Å². The molecule has 14 heavy (non-hydrogen) atoms. The van der Waals surface area contributed by atoms with E-state index in [2.05, 4.69) is 22.5 Å². The van der Waals surface area contributed by atoms with Gasteiger partial charge in [0.2, 0.25) is 0 Å². The summed E-state index contributed by atoms with van der Waals surface area (Å²) in [6.45, 7) is 3.67. The minimum atomic E-state index is 0.0149. The van der Waals surface area contributed by atoms with Crippen LogP contribution in [0.25, 0.3) is 0 Å². The Morgan fingerprint density at radius 1 is 1.57 bits per heavy atom. The summed E-state index contributed by atoms with van der Waals surface area (Å²) in [7, 11) is 0. The van der Waals surface area contributed by atoms with E-state index in [1.807, 2.05) is 24.3 Å². The molecule has 0 aliphatic carbocycles. The second kappa shape index (κ2) is 5.54. The predicted molar refractivity (Wildman–Crippen MR) is 65.5 cm³/mol. The molecular weight excluding hydrogens is 261 g/mol. The van der Waals surface area contributed by atoms with E-state index in [1.54, 1.807) is 0 Å². The average molecular weight is 275 g/mol. The maximum absolute atomic E-state index is 6.01. The van der Waals surface area contributed by atoms with Gasteiger partial charge in [0.25, 0.3) is 0 Å². The summed E-state index contributed by atoms with van der Waals surface area (Å²) in [4.78, 5) is 0. The Kier molecular flexibility index (Phi) is 4.66. The Hall–Kier alpha value is -0.310. The highest BCUT2D eigenvalue weighted by Crippen LogP contribution is 2.27. The van der Waals surface area contributed by atoms with Gasteiger partial charge in [-0.3, -0.25) is 0 Å². The van der Waals surface area contributed by atoms with Crippen molar-refractivity contribution in [1.29, 1.82) is 0 Å². The fourth-order valence-corrected chi connectivity index (χ4v) is 1.97. The summed E-state index contributed by atoms with van der Waals surface area (Å²) in [6.07, 6.45) is 3.68. The van der Waals surface area contributed by atoms with Crippen LogP contribution in [0.1, 0.15) is 24.4 Å². The van der Waals surface area contributed by atoms with Crippen LogP contribution in [-0.4, -0.2) is 0 Å². The minimum Gasteiger partial charge on any atom is -0.324 e. The molecule has 1 aromatic carbocycles. The molecule has 76 valence electrons. The first-order chi connectivity index (χ1) is 6.65. The Bertz CT molecular complexity index is 325. The molecular formula is C11H13BrClN. The zero-order valence-electron chi connectivity index (χ0n) is 7.84. The van der Waals surface area contributed by atoms with Crippen LogP contribution >= 0.6 is 27.5 Å². The summed E-state index contributed by atoms with van der Waals surface area (Å²) in [5.74, 6) is 0. The van der Waals surface area contributed by atoms with Crippen molar-refractivity contribution in [2.24, 2.45) is 5.73 Å². The van der Waals surface area contributed by atoms with E-state index >= 15 is 0 Å². The Balaban J connectivity index is 2.82. The topological polar surface area (TPSA) is 26.0 Å². The molecule has 2 N–H and O–H groups in total. The van der Waals surface area contributed by atoms with Crippen LogP contribution < -0.4 is 5.73 Å². The molecule has 0 amide bonds. The summed E-state index contributed by atoms with van der Waals surface area (Å²) >= 11 is 9.36. The highest BCUT2D eigenvalue weighted by atomic mass is 79.9. The third kappa shape index (κ3) is 3.12. The Morgan fingerprint density at radius 2 is 2.29 bits per heavy atom. The quantitative estimate of drug-likeness (QED) is 0.823. The zero-order valence-corrected chi connectivity index (χ0v) is 10.2. The number of rotatable bonds is 4. The van der Waals surface area contributed by atoms with Gasteiger partial charge in [-0.15, -0.1) is 6.58 Å². The van der Waals surface area contributed by atoms with Gasteiger partial charge in [-0.25, -0.2) is 0 Å². The second-order valence-electron chi connectivity index (χ2n) is 3.14. The fourth-order valence-electron chi connectivity index (χ4n) is 1.25. The monoisotopic (exact) mass is 273 g/mol. The van der Waals surface area contributed by atoms with Crippen molar-refractivity contribution in [1.82, 2.24) is 0 Å². The summed E-state index contributed by atoms with van der Waals surface area (Å²) in [5.41, 5.74) is 7.07. The zero-order chi connectivity index (χ0) is 10.6. The van der Waals surface area contributed by atoms with Crippen LogP contribution in [0.15, 0.2) is 35.3 Å². The van der Waals surface area contributed by atoms with Crippen LogP contribution in [0, 0.1) is 0 Å². The molecule has 1 rings (SSSR count). The highest BCUT2D eigenvalue weighted by Gasteiger charge is 2.09. The van der Waals surface area contributed by atoms with Gasteiger partial charge in [-0.2, -0.15) is 0 Å². The molecule has 1 nitrogen and oxygen atoms in total. The number of hydrogen-bond acceptors (Lipinski definition) is 1. The van der Waals surface area contributed by atoms with Crippen molar-refractivity contribution < 1.29 is 0 Å².